The summed E-state index contributed by atoms with van der Waals surface area (Å²) in [7, 11) is 1.63. The van der Waals surface area contributed by atoms with Crippen molar-refractivity contribution in [3.05, 3.63) is 42.5 Å². The fourth-order valence-electron chi connectivity index (χ4n) is 3.62. The number of carboxylic acids is 1. The first-order valence-electron chi connectivity index (χ1n) is 8.79. The maximum absolute atomic E-state index is 12.7. The number of methoxy groups -OCH3 is 1. The molecule has 28 heavy (non-hydrogen) atoms. The number of aliphatic carboxylic acids is 1. The molecule has 2 atom stereocenters. The molecule has 0 radical (unpaired) electrons. The Morgan fingerprint density at radius 2 is 1.79 bits per heavy atom. The molecule has 1 aromatic rings. The molecule has 154 valence electrons. The van der Waals surface area contributed by atoms with Gasteiger partial charge >= 0.3 is 12.1 Å². The first-order chi connectivity index (χ1) is 13.2. The largest absolute Gasteiger partial charge is 0.497 e. The van der Waals surface area contributed by atoms with E-state index in [2.05, 4.69) is 16.4 Å². The third-order valence-corrected chi connectivity index (χ3v) is 4.90. The van der Waals surface area contributed by atoms with E-state index >= 15 is 0 Å². The van der Waals surface area contributed by atoms with E-state index in [1.807, 2.05) is 30.3 Å². The van der Waals surface area contributed by atoms with Gasteiger partial charge in [-0.25, -0.2) is 4.79 Å². The highest BCUT2D eigenvalue weighted by molar-refractivity contribution is 5.94. The lowest BCUT2D eigenvalue weighted by Crippen LogP contribution is -2.39. The molecule has 1 amide bonds. The number of amides is 1. The molecule has 2 aliphatic heterocycles. The minimum absolute atomic E-state index is 0.144. The zero-order chi connectivity index (χ0) is 20.9. The molecule has 0 aromatic heterocycles. The second-order valence-electron chi connectivity index (χ2n) is 6.53. The molecule has 0 aliphatic carbocycles. The summed E-state index contributed by atoms with van der Waals surface area (Å²) in [5.41, 5.74) is 0.749. The van der Waals surface area contributed by atoms with E-state index in [1.54, 1.807) is 7.11 Å². The van der Waals surface area contributed by atoms with Gasteiger partial charge in [-0.3, -0.25) is 9.69 Å². The van der Waals surface area contributed by atoms with Gasteiger partial charge < -0.3 is 14.7 Å². The third kappa shape index (κ3) is 5.03. The maximum atomic E-state index is 12.7. The molecule has 2 saturated heterocycles. The number of alkyl halides is 3. The van der Waals surface area contributed by atoms with Crippen molar-refractivity contribution in [2.45, 2.75) is 31.1 Å². The summed E-state index contributed by atoms with van der Waals surface area (Å²) in [6.07, 6.45) is -0.989. The molecule has 9 heteroatoms. The first kappa shape index (κ1) is 21.7. The van der Waals surface area contributed by atoms with Crippen LogP contribution in [0.25, 0.3) is 0 Å². The number of benzene rings is 1. The van der Waals surface area contributed by atoms with E-state index in [9.17, 15) is 18.0 Å². The summed E-state index contributed by atoms with van der Waals surface area (Å²) in [6.45, 7) is 6.66. The highest BCUT2D eigenvalue weighted by Crippen LogP contribution is 2.32. The predicted molar refractivity (Wildman–Crippen MR) is 96.3 cm³/mol. The predicted octanol–water partition coefficient (Wildman–Crippen LogP) is 2.80. The van der Waals surface area contributed by atoms with Crippen LogP contribution in [-0.2, 0) is 4.79 Å². The van der Waals surface area contributed by atoms with E-state index in [0.717, 1.165) is 43.8 Å². The van der Waals surface area contributed by atoms with Gasteiger partial charge in [0.05, 0.1) is 7.11 Å². The summed E-state index contributed by atoms with van der Waals surface area (Å²) in [5.74, 6) is -1.83. The van der Waals surface area contributed by atoms with Gasteiger partial charge in [0, 0.05) is 37.3 Å². The van der Waals surface area contributed by atoms with Crippen LogP contribution in [0.4, 0.5) is 13.2 Å². The van der Waals surface area contributed by atoms with E-state index in [0.29, 0.717) is 12.1 Å². The average Bonchev–Trinajstić information content (AvgIpc) is 3.24. The van der Waals surface area contributed by atoms with Gasteiger partial charge in [-0.05, 0) is 37.1 Å². The number of carbonyl (C=O) groups is 2. The molecular weight excluding hydrogens is 377 g/mol. The second-order valence-corrected chi connectivity index (χ2v) is 6.53. The van der Waals surface area contributed by atoms with Crippen molar-refractivity contribution in [3.63, 3.8) is 0 Å². The van der Waals surface area contributed by atoms with Gasteiger partial charge in [0.15, 0.2) is 0 Å². The Balaban J connectivity index is 0.000000345. The van der Waals surface area contributed by atoms with Crippen molar-refractivity contribution < 1.29 is 32.6 Å². The van der Waals surface area contributed by atoms with Crippen LogP contribution in [0.2, 0.25) is 0 Å². The Morgan fingerprint density at radius 3 is 2.29 bits per heavy atom. The summed E-state index contributed by atoms with van der Waals surface area (Å²) < 4.78 is 36.9. The molecule has 0 bridgehead atoms. The number of carboxylic acid groups (broad SMARTS) is 1. The molecule has 2 fully saturated rings. The fourth-order valence-corrected chi connectivity index (χ4v) is 3.62. The summed E-state index contributed by atoms with van der Waals surface area (Å²) in [5, 5.41) is 7.12. The number of likely N-dealkylation sites (tertiary alicyclic amines) is 2. The second kappa shape index (κ2) is 9.09. The number of nitrogens with zero attached hydrogens (tertiary/aromatic N) is 2. The summed E-state index contributed by atoms with van der Waals surface area (Å²) >= 11 is 0. The zero-order valence-corrected chi connectivity index (χ0v) is 15.5. The first-order valence-corrected chi connectivity index (χ1v) is 8.79. The molecule has 0 saturated carbocycles. The lowest BCUT2D eigenvalue weighted by molar-refractivity contribution is -0.192. The SMILES string of the molecule is C=CCN1CC[C@@H]2[C@@H]1CCN2C(=O)c1ccc(OC)cc1.O=C(O)C(F)(F)F. The van der Waals surface area contributed by atoms with Gasteiger partial charge in [-0.1, -0.05) is 6.08 Å². The number of carbonyl (C=O) groups excluding carboxylic acids is 1. The van der Waals surface area contributed by atoms with Gasteiger partial charge in [0.25, 0.3) is 5.91 Å². The number of rotatable bonds is 4. The molecular formula is C19H23F3N2O4. The van der Waals surface area contributed by atoms with Gasteiger partial charge in [0.2, 0.25) is 0 Å². The molecule has 3 rings (SSSR count). The average molecular weight is 400 g/mol. The van der Waals surface area contributed by atoms with Crippen molar-refractivity contribution in [1.29, 1.82) is 0 Å². The Labute approximate surface area is 161 Å². The van der Waals surface area contributed by atoms with Gasteiger partial charge in [-0.15, -0.1) is 6.58 Å². The minimum Gasteiger partial charge on any atom is -0.497 e. The van der Waals surface area contributed by atoms with E-state index in [-0.39, 0.29) is 5.91 Å². The number of hydrogen-bond acceptors (Lipinski definition) is 4. The lowest BCUT2D eigenvalue weighted by atomic mass is 10.1. The lowest BCUT2D eigenvalue weighted by Gasteiger charge is -2.25. The molecule has 1 aromatic carbocycles. The quantitative estimate of drug-likeness (QED) is 0.787. The number of hydrogen-bond donors (Lipinski definition) is 1. The van der Waals surface area contributed by atoms with Crippen LogP contribution in [0.5, 0.6) is 5.75 Å². The number of ether oxygens (including phenoxy) is 1. The topological polar surface area (TPSA) is 70.1 Å². The van der Waals surface area contributed by atoms with Crippen LogP contribution in [0, 0.1) is 0 Å². The number of fused-ring (bicyclic) bond motifs is 1. The fraction of sp³-hybridized carbons (Fsp3) is 0.474. The van der Waals surface area contributed by atoms with Crippen LogP contribution in [0.1, 0.15) is 23.2 Å². The van der Waals surface area contributed by atoms with E-state index in [1.165, 1.54) is 0 Å². The smallest absolute Gasteiger partial charge is 0.490 e. The molecule has 2 aliphatic rings. The summed E-state index contributed by atoms with van der Waals surface area (Å²) in [4.78, 5) is 26.1. The monoisotopic (exact) mass is 400 g/mol. The molecule has 6 nitrogen and oxygen atoms in total. The molecule has 1 N–H and O–H groups in total. The Hall–Kier alpha value is -2.55. The van der Waals surface area contributed by atoms with Gasteiger partial charge in [0.1, 0.15) is 5.75 Å². The van der Waals surface area contributed by atoms with E-state index in [4.69, 9.17) is 14.6 Å². The van der Waals surface area contributed by atoms with Crippen molar-refractivity contribution in [1.82, 2.24) is 9.80 Å². The van der Waals surface area contributed by atoms with Crippen molar-refractivity contribution >= 4 is 11.9 Å². The highest BCUT2D eigenvalue weighted by Gasteiger charge is 2.43. The number of halogens is 3. The van der Waals surface area contributed by atoms with Crippen LogP contribution in [-0.4, -0.2) is 71.8 Å². The molecule has 0 unspecified atom stereocenters. The third-order valence-electron chi connectivity index (χ3n) is 4.90. The maximum Gasteiger partial charge on any atom is 0.490 e. The zero-order valence-electron chi connectivity index (χ0n) is 15.5. The van der Waals surface area contributed by atoms with Crippen molar-refractivity contribution in [3.8, 4) is 5.75 Å². The van der Waals surface area contributed by atoms with Gasteiger partial charge in [-0.2, -0.15) is 13.2 Å². The van der Waals surface area contributed by atoms with Crippen LogP contribution in [0.3, 0.4) is 0 Å². The molecule has 0 spiro atoms. The highest BCUT2D eigenvalue weighted by atomic mass is 19.4. The van der Waals surface area contributed by atoms with Crippen molar-refractivity contribution in [2.75, 3.05) is 26.7 Å². The standard InChI is InChI=1S/C17H22N2O2.C2HF3O2/c1-3-10-18-11-8-16-15(18)9-12-19(16)17(20)13-4-6-14(21-2)7-5-13;3-2(4,5)1(6)7/h3-7,15-16H,1,8-12H2,2H3;(H,6,7)/t15-,16+;/m0./s1. The van der Waals surface area contributed by atoms with Crippen LogP contribution >= 0.6 is 0 Å². The van der Waals surface area contributed by atoms with Crippen LogP contribution < -0.4 is 4.74 Å². The molecule has 2 heterocycles. The normalized spacial score (nSPS) is 21.5. The summed E-state index contributed by atoms with van der Waals surface area (Å²) in [6, 6.07) is 8.26. The Morgan fingerprint density at radius 1 is 1.21 bits per heavy atom. The Kier molecular flexibility index (Phi) is 7.06. The van der Waals surface area contributed by atoms with Crippen LogP contribution in [0.15, 0.2) is 36.9 Å². The van der Waals surface area contributed by atoms with Crippen molar-refractivity contribution in [2.24, 2.45) is 0 Å². The minimum atomic E-state index is -5.08. The Bertz CT molecular complexity index is 706. The van der Waals surface area contributed by atoms with E-state index < -0.39 is 12.1 Å².